The van der Waals surface area contributed by atoms with Crippen molar-refractivity contribution in [3.63, 3.8) is 0 Å². The molecule has 0 aromatic heterocycles. The van der Waals surface area contributed by atoms with Crippen molar-refractivity contribution in [3.05, 3.63) is 59.7 Å². The average molecular weight is 364 g/mol. The van der Waals surface area contributed by atoms with E-state index in [0.717, 1.165) is 24.1 Å². The predicted octanol–water partition coefficient (Wildman–Crippen LogP) is 2.87. The minimum atomic E-state index is -0.275. The van der Waals surface area contributed by atoms with Crippen molar-refractivity contribution in [2.45, 2.75) is 32.6 Å². The summed E-state index contributed by atoms with van der Waals surface area (Å²) >= 11 is 0. The standard InChI is InChI=1S/C21H24N4O2/c1-15(16-8-10-18(22)11-9-16)23-24-20(26)12-13-21(27)25-14-4-6-17-5-2-3-7-19(17)25/h2-3,5,7-11H,4,6,12-14,22H2,1H3,(H,24,26)/b23-15+. The van der Waals surface area contributed by atoms with Crippen LogP contribution in [-0.2, 0) is 16.0 Å². The molecule has 0 fully saturated rings. The molecule has 0 spiro atoms. The van der Waals surface area contributed by atoms with E-state index >= 15 is 0 Å². The summed E-state index contributed by atoms with van der Waals surface area (Å²) in [7, 11) is 0. The molecule has 0 saturated carbocycles. The van der Waals surface area contributed by atoms with Gasteiger partial charge in [0.05, 0.1) is 5.71 Å². The Morgan fingerprint density at radius 2 is 1.85 bits per heavy atom. The lowest BCUT2D eigenvalue weighted by Crippen LogP contribution is -2.36. The molecule has 27 heavy (non-hydrogen) atoms. The zero-order valence-corrected chi connectivity index (χ0v) is 15.4. The van der Waals surface area contributed by atoms with Crippen molar-refractivity contribution in [2.24, 2.45) is 5.10 Å². The lowest BCUT2D eigenvalue weighted by Gasteiger charge is -2.29. The first kappa shape index (κ1) is 18.6. The molecule has 2 aromatic rings. The molecule has 2 aromatic carbocycles. The second-order valence-corrected chi connectivity index (χ2v) is 6.63. The SMILES string of the molecule is C/C(=N\NC(=O)CCC(=O)N1CCCc2ccccc21)c1ccc(N)cc1. The van der Waals surface area contributed by atoms with Crippen LogP contribution in [0.1, 0.15) is 37.3 Å². The normalized spacial score (nSPS) is 13.8. The van der Waals surface area contributed by atoms with Crippen molar-refractivity contribution in [3.8, 4) is 0 Å². The Balaban J connectivity index is 1.53. The molecule has 6 nitrogen and oxygen atoms in total. The molecule has 3 rings (SSSR count). The van der Waals surface area contributed by atoms with Gasteiger partial charge in [0.1, 0.15) is 0 Å². The highest BCUT2D eigenvalue weighted by atomic mass is 16.2. The van der Waals surface area contributed by atoms with E-state index in [2.05, 4.69) is 16.6 Å². The summed E-state index contributed by atoms with van der Waals surface area (Å²) in [5.41, 5.74) is 12.6. The summed E-state index contributed by atoms with van der Waals surface area (Å²) in [4.78, 5) is 26.4. The molecule has 1 aliphatic heterocycles. The summed E-state index contributed by atoms with van der Waals surface area (Å²) in [6, 6.07) is 15.2. The number of hydrogen-bond donors (Lipinski definition) is 2. The highest BCUT2D eigenvalue weighted by Crippen LogP contribution is 2.27. The number of nitrogens with two attached hydrogens (primary N) is 1. The number of nitrogens with zero attached hydrogens (tertiary/aromatic N) is 2. The van der Waals surface area contributed by atoms with E-state index < -0.39 is 0 Å². The maximum Gasteiger partial charge on any atom is 0.240 e. The van der Waals surface area contributed by atoms with Crippen molar-refractivity contribution in [1.29, 1.82) is 0 Å². The number of anilines is 2. The third-order valence-corrected chi connectivity index (χ3v) is 4.65. The Morgan fingerprint density at radius 1 is 1.11 bits per heavy atom. The van der Waals surface area contributed by atoms with Crippen LogP contribution in [0.2, 0.25) is 0 Å². The molecule has 0 aliphatic carbocycles. The fourth-order valence-electron chi connectivity index (χ4n) is 3.14. The van der Waals surface area contributed by atoms with Crippen LogP contribution >= 0.6 is 0 Å². The molecule has 0 unspecified atom stereocenters. The molecule has 0 radical (unpaired) electrons. The second-order valence-electron chi connectivity index (χ2n) is 6.63. The highest BCUT2D eigenvalue weighted by Gasteiger charge is 2.22. The largest absolute Gasteiger partial charge is 0.399 e. The minimum absolute atomic E-state index is 0.0310. The summed E-state index contributed by atoms with van der Waals surface area (Å²) in [5, 5.41) is 4.10. The fraction of sp³-hybridized carbons (Fsp3) is 0.286. The minimum Gasteiger partial charge on any atom is -0.399 e. The maximum absolute atomic E-state index is 12.6. The topological polar surface area (TPSA) is 87.8 Å². The number of carbonyl (C=O) groups excluding carboxylic acids is 2. The van der Waals surface area contributed by atoms with E-state index in [0.29, 0.717) is 17.9 Å². The van der Waals surface area contributed by atoms with Gasteiger partial charge in [-0.2, -0.15) is 5.10 Å². The number of nitrogen functional groups attached to an aromatic ring is 1. The number of nitrogens with one attached hydrogen (secondary N) is 1. The number of benzene rings is 2. The number of fused-ring (bicyclic) bond motifs is 1. The average Bonchev–Trinajstić information content (AvgIpc) is 2.70. The van der Waals surface area contributed by atoms with Crippen LogP contribution in [0.25, 0.3) is 0 Å². The van der Waals surface area contributed by atoms with Gasteiger partial charge in [0.25, 0.3) is 0 Å². The molecule has 0 saturated heterocycles. The Hall–Kier alpha value is -3.15. The van der Waals surface area contributed by atoms with E-state index in [4.69, 9.17) is 5.73 Å². The lowest BCUT2D eigenvalue weighted by molar-refractivity contribution is -0.125. The lowest BCUT2D eigenvalue weighted by atomic mass is 10.0. The summed E-state index contributed by atoms with van der Waals surface area (Å²) in [6.07, 6.45) is 2.20. The highest BCUT2D eigenvalue weighted by molar-refractivity contribution is 6.00. The maximum atomic E-state index is 12.6. The zero-order valence-electron chi connectivity index (χ0n) is 15.4. The Labute approximate surface area is 159 Å². The first-order valence-corrected chi connectivity index (χ1v) is 9.12. The zero-order chi connectivity index (χ0) is 19.2. The molecular weight excluding hydrogens is 340 g/mol. The van der Waals surface area contributed by atoms with Gasteiger partial charge in [-0.25, -0.2) is 5.43 Å². The van der Waals surface area contributed by atoms with E-state index in [9.17, 15) is 9.59 Å². The molecule has 2 amide bonds. The molecular formula is C21H24N4O2. The molecule has 140 valence electrons. The third-order valence-electron chi connectivity index (χ3n) is 4.65. The van der Waals surface area contributed by atoms with Crippen molar-refractivity contribution < 1.29 is 9.59 Å². The van der Waals surface area contributed by atoms with Gasteiger partial charge in [0.2, 0.25) is 11.8 Å². The number of aryl methyl sites for hydroxylation is 1. The van der Waals surface area contributed by atoms with Crippen molar-refractivity contribution in [2.75, 3.05) is 17.2 Å². The smallest absolute Gasteiger partial charge is 0.240 e. The van der Waals surface area contributed by atoms with E-state index in [1.165, 1.54) is 5.56 Å². The first-order valence-electron chi connectivity index (χ1n) is 9.12. The quantitative estimate of drug-likeness (QED) is 0.486. The number of hydrogen-bond acceptors (Lipinski definition) is 4. The van der Waals surface area contributed by atoms with Gasteiger partial charge in [-0.3, -0.25) is 9.59 Å². The molecule has 0 bridgehead atoms. The van der Waals surface area contributed by atoms with Gasteiger partial charge in [0.15, 0.2) is 0 Å². The van der Waals surface area contributed by atoms with Gasteiger partial charge >= 0.3 is 0 Å². The Kier molecular flexibility index (Phi) is 5.86. The van der Waals surface area contributed by atoms with Crippen LogP contribution in [-0.4, -0.2) is 24.1 Å². The van der Waals surface area contributed by atoms with Gasteiger partial charge in [-0.05, 0) is 49.1 Å². The molecule has 6 heteroatoms. The second kappa shape index (κ2) is 8.49. The Morgan fingerprint density at radius 3 is 2.63 bits per heavy atom. The van der Waals surface area contributed by atoms with E-state index in [1.807, 2.05) is 37.3 Å². The van der Waals surface area contributed by atoms with Gasteiger partial charge in [0, 0.05) is 30.8 Å². The van der Waals surface area contributed by atoms with Crippen LogP contribution in [0.15, 0.2) is 53.6 Å². The van der Waals surface area contributed by atoms with E-state index in [1.54, 1.807) is 17.0 Å². The Bertz CT molecular complexity index is 859. The number of hydrazone groups is 1. The number of carbonyl (C=O) groups is 2. The van der Waals surface area contributed by atoms with Gasteiger partial charge < -0.3 is 10.6 Å². The van der Waals surface area contributed by atoms with E-state index in [-0.39, 0.29) is 24.7 Å². The number of rotatable bonds is 5. The molecule has 1 aliphatic rings. The van der Waals surface area contributed by atoms with Crippen molar-refractivity contribution >= 4 is 28.9 Å². The van der Waals surface area contributed by atoms with Crippen LogP contribution in [0.3, 0.4) is 0 Å². The van der Waals surface area contributed by atoms with Crippen LogP contribution in [0, 0.1) is 0 Å². The predicted molar refractivity (Wildman–Crippen MR) is 108 cm³/mol. The first-order chi connectivity index (χ1) is 13.0. The fourth-order valence-corrected chi connectivity index (χ4v) is 3.14. The summed E-state index contributed by atoms with van der Waals surface area (Å²) in [5.74, 6) is -0.306. The van der Waals surface area contributed by atoms with Crippen molar-refractivity contribution in [1.82, 2.24) is 5.43 Å². The van der Waals surface area contributed by atoms with Gasteiger partial charge in [-0.1, -0.05) is 30.3 Å². The van der Waals surface area contributed by atoms with Crippen LogP contribution < -0.4 is 16.1 Å². The van der Waals surface area contributed by atoms with Crippen LogP contribution in [0.5, 0.6) is 0 Å². The number of amides is 2. The summed E-state index contributed by atoms with van der Waals surface area (Å²) in [6.45, 7) is 2.51. The third kappa shape index (κ3) is 4.73. The van der Waals surface area contributed by atoms with Gasteiger partial charge in [-0.15, -0.1) is 0 Å². The molecule has 3 N–H and O–H groups in total. The van der Waals surface area contributed by atoms with Crippen LogP contribution in [0.4, 0.5) is 11.4 Å². The monoisotopic (exact) mass is 364 g/mol. The number of para-hydroxylation sites is 1. The molecule has 1 heterocycles. The summed E-state index contributed by atoms with van der Waals surface area (Å²) < 4.78 is 0. The molecule has 0 atom stereocenters.